The Morgan fingerprint density at radius 3 is 1.25 bits per heavy atom. The molecule has 0 aliphatic carbocycles. The first-order valence-corrected chi connectivity index (χ1v) is 26.6. The Balaban J connectivity index is 0. The van der Waals surface area contributed by atoms with E-state index in [4.69, 9.17) is 0 Å². The molecule has 0 aromatic rings. The molecule has 0 bridgehead atoms. The monoisotopic (exact) mass is 402 g/mol. The molecule has 3 heteroatoms. The number of hydrogen-bond acceptors (Lipinski definition) is 0. The minimum atomic E-state index is -1.31. The predicted octanol–water partition coefficient (Wildman–Crippen LogP) is 3.99. The van der Waals surface area contributed by atoms with E-state index in [0.717, 1.165) is 0 Å². The molecule has 0 aliphatic heterocycles. The Morgan fingerprint density at radius 1 is 1.00 bits per heavy atom. The van der Waals surface area contributed by atoms with Crippen molar-refractivity contribution in [3.05, 3.63) is 0 Å². The van der Waals surface area contributed by atoms with E-state index in [2.05, 4.69) is 42.7 Å². The molecule has 0 heterocycles. The van der Waals surface area contributed by atoms with Gasteiger partial charge in [-0.1, -0.05) is 0 Å². The van der Waals surface area contributed by atoms with Gasteiger partial charge in [0.25, 0.3) is 0 Å². The fourth-order valence-electron chi connectivity index (χ4n) is 1.06. The van der Waals surface area contributed by atoms with Crippen molar-refractivity contribution in [1.82, 2.24) is 0 Å². The van der Waals surface area contributed by atoms with Crippen LogP contribution in [0.5, 0.6) is 0 Å². The zero-order chi connectivity index (χ0) is 10.4. The summed E-state index contributed by atoms with van der Waals surface area (Å²) in [6, 6.07) is 0. The van der Waals surface area contributed by atoms with Crippen LogP contribution in [-0.4, -0.2) is 46.9 Å². The molecule has 0 N–H and O–H groups in total. The van der Waals surface area contributed by atoms with Gasteiger partial charge in [0.15, 0.2) is 0 Å². The van der Waals surface area contributed by atoms with Crippen LogP contribution in [0.25, 0.3) is 0 Å². The standard InChI is InChI=1S/C3H8Si.6CH3.2Sn/c1-4(2)3;;;;;;;;/h1H2,2-3H3;6*1H3;;. The van der Waals surface area contributed by atoms with Gasteiger partial charge in [0.2, 0.25) is 0 Å². The SMILES string of the molecule is C[Si](C)[CH2][Sn]([CH3])([CH3])[CH3].[CH3][Sn]([CH3])[CH3]. The van der Waals surface area contributed by atoms with Crippen molar-refractivity contribution in [3.63, 3.8) is 0 Å². The van der Waals surface area contributed by atoms with Crippen LogP contribution >= 0.6 is 0 Å². The second kappa shape index (κ2) is 8.15. The van der Waals surface area contributed by atoms with E-state index in [1.54, 1.807) is 4.06 Å². The third-order valence-corrected chi connectivity index (χ3v) is 17.8. The first-order valence-electron chi connectivity index (χ1n) is 4.71. The molecule has 74 valence electrons. The molecule has 0 saturated heterocycles. The molecule has 0 nitrogen and oxygen atoms in total. The Hall–Kier alpha value is 1.81. The van der Waals surface area contributed by atoms with Crippen molar-refractivity contribution < 1.29 is 0 Å². The summed E-state index contributed by atoms with van der Waals surface area (Å²) in [6.07, 6.45) is 0. The van der Waals surface area contributed by atoms with E-state index in [-0.39, 0.29) is 8.80 Å². The maximum absolute atomic E-state index is 2.52. The van der Waals surface area contributed by atoms with Crippen LogP contribution in [0.3, 0.4) is 0 Å². The van der Waals surface area contributed by atoms with Crippen LogP contribution in [0, 0.1) is 0 Å². The average molecular weight is 400 g/mol. The van der Waals surface area contributed by atoms with Crippen LogP contribution in [0.4, 0.5) is 0 Å². The fourth-order valence-corrected chi connectivity index (χ4v) is 21.3. The molecule has 0 aromatic carbocycles. The molecule has 0 rings (SSSR count). The van der Waals surface area contributed by atoms with Gasteiger partial charge in [-0.05, 0) is 0 Å². The summed E-state index contributed by atoms with van der Waals surface area (Å²) in [5.41, 5.74) is 0. The van der Waals surface area contributed by atoms with Gasteiger partial charge in [0.05, 0.1) is 0 Å². The van der Waals surface area contributed by atoms with Crippen molar-refractivity contribution in [2.24, 2.45) is 0 Å². The van der Waals surface area contributed by atoms with Crippen LogP contribution < -0.4 is 0 Å². The Kier molecular flexibility index (Phi) is 11.0. The van der Waals surface area contributed by atoms with E-state index in [1.807, 2.05) is 0 Å². The number of rotatable bonds is 2. The first kappa shape index (κ1) is 16.3. The van der Waals surface area contributed by atoms with Crippen molar-refractivity contribution in [1.29, 1.82) is 0 Å². The Labute approximate surface area is 92.7 Å². The molecule has 0 amide bonds. The first-order chi connectivity index (χ1) is 5.15. The van der Waals surface area contributed by atoms with Gasteiger partial charge in [-0.25, -0.2) is 0 Å². The molecule has 0 aromatic heterocycles. The summed E-state index contributed by atoms with van der Waals surface area (Å²) in [5, 5.41) is 0. The van der Waals surface area contributed by atoms with Crippen molar-refractivity contribution in [2.75, 3.05) is 0 Å². The third-order valence-electron chi connectivity index (χ3n) is 0.884. The van der Waals surface area contributed by atoms with E-state index in [0.29, 0.717) is 0 Å². The molecule has 0 atom stereocenters. The van der Waals surface area contributed by atoms with Crippen molar-refractivity contribution >= 4 is 46.9 Å². The molecule has 0 fully saturated rings. The topological polar surface area (TPSA) is 0 Å². The molecular formula is C9H26SiSn2. The van der Waals surface area contributed by atoms with Gasteiger partial charge in [0, 0.05) is 0 Å². The quantitative estimate of drug-likeness (QED) is 0.616. The van der Waals surface area contributed by atoms with Gasteiger partial charge < -0.3 is 0 Å². The normalized spacial score (nSPS) is 11.5. The summed E-state index contributed by atoms with van der Waals surface area (Å²) in [7, 11) is 0.101. The average Bonchev–Trinajstić information content (AvgIpc) is 1.52. The molecule has 12 heavy (non-hydrogen) atoms. The Bertz CT molecular complexity index is 92.4. The van der Waals surface area contributed by atoms with E-state index < -0.39 is 38.1 Å². The fraction of sp³-hybridized carbons (Fsp3) is 1.00. The van der Waals surface area contributed by atoms with Crippen LogP contribution in [-0.2, 0) is 0 Å². The Morgan fingerprint density at radius 2 is 1.25 bits per heavy atom. The van der Waals surface area contributed by atoms with Gasteiger partial charge >= 0.3 is 93.7 Å². The molecular weight excluding hydrogens is 374 g/mol. The maximum atomic E-state index is 2.52. The van der Waals surface area contributed by atoms with E-state index in [9.17, 15) is 0 Å². The summed E-state index contributed by atoms with van der Waals surface area (Å²) in [6.45, 7) is 4.85. The zero-order valence-corrected chi connectivity index (χ0v) is 16.9. The summed E-state index contributed by atoms with van der Waals surface area (Å²) < 4.78 is 1.64. The van der Waals surface area contributed by atoms with E-state index in [1.165, 1.54) is 0 Å². The van der Waals surface area contributed by atoms with E-state index >= 15 is 0 Å². The second-order valence-corrected chi connectivity index (χ2v) is 34.4. The van der Waals surface area contributed by atoms with Crippen LogP contribution in [0.15, 0.2) is 0 Å². The summed E-state index contributed by atoms with van der Waals surface area (Å²) in [5.74, 6) is 0. The van der Waals surface area contributed by atoms with Gasteiger partial charge in [-0.3, -0.25) is 0 Å². The molecule has 0 unspecified atom stereocenters. The molecule has 0 spiro atoms. The minimum absolute atomic E-state index is 0.101. The molecule has 0 saturated carbocycles. The molecule has 0 aliphatic rings. The zero-order valence-electron chi connectivity index (χ0n) is 10.2. The van der Waals surface area contributed by atoms with Crippen molar-refractivity contribution in [2.45, 2.75) is 46.8 Å². The predicted molar refractivity (Wildman–Crippen MR) is 69.0 cm³/mol. The van der Waals surface area contributed by atoms with Gasteiger partial charge in [-0.2, -0.15) is 0 Å². The third kappa shape index (κ3) is 29.8. The summed E-state index contributed by atoms with van der Waals surface area (Å²) in [4.78, 5) is 14.7. The van der Waals surface area contributed by atoms with Gasteiger partial charge in [-0.15, -0.1) is 0 Å². The second-order valence-electron chi connectivity index (χ2n) is 5.44. The molecule has 2 radical (unpaired) electrons. The number of hydrogen-bond donors (Lipinski definition) is 0. The summed E-state index contributed by atoms with van der Waals surface area (Å²) >= 11 is -1.85. The van der Waals surface area contributed by atoms with Crippen LogP contribution in [0.2, 0.25) is 46.8 Å². The van der Waals surface area contributed by atoms with Gasteiger partial charge in [0.1, 0.15) is 0 Å². The van der Waals surface area contributed by atoms with Crippen LogP contribution in [0.1, 0.15) is 0 Å². The van der Waals surface area contributed by atoms with Crippen molar-refractivity contribution in [3.8, 4) is 0 Å².